The number of carboxylic acids is 1. The lowest BCUT2D eigenvalue weighted by Crippen LogP contribution is -2.71. The number of anilines is 2. The third-order valence-corrected chi connectivity index (χ3v) is 11.0. The molecule has 2 aromatic heterocycles. The molecule has 6 rings (SSSR count). The highest BCUT2D eigenvalue weighted by molar-refractivity contribution is 8.01. The number of terminal acetylenes is 1. The predicted molar refractivity (Wildman–Crippen MR) is 178 cm³/mol. The maximum Gasteiger partial charge on any atom is 0.352 e. The van der Waals surface area contributed by atoms with E-state index in [2.05, 4.69) is 26.7 Å². The lowest BCUT2D eigenvalue weighted by atomic mass is 10.0. The van der Waals surface area contributed by atoms with Gasteiger partial charge in [0.15, 0.2) is 23.6 Å². The number of aromatic nitrogens is 2. The van der Waals surface area contributed by atoms with E-state index in [-0.39, 0.29) is 40.4 Å². The molecule has 2 saturated heterocycles. The van der Waals surface area contributed by atoms with Crippen molar-refractivity contribution >= 4 is 80.1 Å². The summed E-state index contributed by atoms with van der Waals surface area (Å²) >= 11 is 3.82. The average molecular weight is 698 g/mol. The van der Waals surface area contributed by atoms with Gasteiger partial charge in [-0.2, -0.15) is 0 Å². The number of pyridine rings is 1. The lowest BCUT2D eigenvalue weighted by Gasteiger charge is -2.49. The van der Waals surface area contributed by atoms with Gasteiger partial charge in [0.25, 0.3) is 11.8 Å². The largest absolute Gasteiger partial charge is 0.477 e. The van der Waals surface area contributed by atoms with Gasteiger partial charge in [-0.05, 0) is 11.6 Å². The Balaban J connectivity index is 1.20. The molecule has 2 fully saturated rings. The van der Waals surface area contributed by atoms with Crippen molar-refractivity contribution in [3.05, 3.63) is 52.6 Å². The van der Waals surface area contributed by atoms with E-state index in [4.69, 9.17) is 17.0 Å². The third kappa shape index (κ3) is 6.46. The van der Waals surface area contributed by atoms with Crippen LogP contribution in [0.4, 0.5) is 15.2 Å². The summed E-state index contributed by atoms with van der Waals surface area (Å²) in [7, 11) is 1.90. The number of nitrogens with two attached hydrogens (primary N) is 1. The molecule has 2 atom stereocenters. The number of aryl methyl sites for hydroxylation is 1. The zero-order valence-electron chi connectivity index (χ0n) is 25.1. The number of carbonyl (C=O) groups is 3. The van der Waals surface area contributed by atoms with E-state index in [9.17, 15) is 19.5 Å². The van der Waals surface area contributed by atoms with Crippen molar-refractivity contribution in [2.24, 2.45) is 12.2 Å². The van der Waals surface area contributed by atoms with Crippen molar-refractivity contribution in [3.63, 3.8) is 0 Å². The van der Waals surface area contributed by atoms with Crippen molar-refractivity contribution < 1.29 is 33.3 Å². The minimum Gasteiger partial charge on any atom is -0.477 e. The highest BCUT2D eigenvalue weighted by Crippen LogP contribution is 2.42. The van der Waals surface area contributed by atoms with Crippen LogP contribution in [-0.2, 0) is 26.3 Å². The molecule has 47 heavy (non-hydrogen) atoms. The molecular weight excluding hydrogens is 668 g/mol. The van der Waals surface area contributed by atoms with Gasteiger partial charge in [-0.3, -0.25) is 14.5 Å². The van der Waals surface area contributed by atoms with Gasteiger partial charge in [0.1, 0.15) is 35.7 Å². The molecule has 0 radical (unpaired) electrons. The predicted octanol–water partition coefficient (Wildman–Crippen LogP) is 1.14. The monoisotopic (exact) mass is 697 g/mol. The number of nitrogen functional groups attached to an aromatic ring is 1. The molecule has 244 valence electrons. The number of aliphatic carboxylic acids is 1. The zero-order chi connectivity index (χ0) is 33.2. The van der Waals surface area contributed by atoms with Gasteiger partial charge in [0.2, 0.25) is 5.52 Å². The summed E-state index contributed by atoms with van der Waals surface area (Å²) in [4.78, 5) is 52.1. The number of benzene rings is 1. The molecule has 3 aliphatic heterocycles. The van der Waals surface area contributed by atoms with Crippen LogP contribution >= 0.6 is 34.9 Å². The number of thioether (sulfide) groups is 2. The number of thiazole rings is 1. The number of halogens is 1. The molecule has 0 bridgehead atoms. The van der Waals surface area contributed by atoms with Crippen molar-refractivity contribution in [2.45, 2.75) is 16.3 Å². The number of hydrogen-bond donors (Lipinski definition) is 4. The van der Waals surface area contributed by atoms with Gasteiger partial charge in [-0.15, -0.1) is 41.3 Å². The second kappa shape index (κ2) is 13.8. The Morgan fingerprint density at radius 3 is 2.87 bits per heavy atom. The highest BCUT2D eigenvalue weighted by atomic mass is 32.2. The average Bonchev–Trinajstić information content (AvgIpc) is 3.50. The fraction of sp³-hybridized carbons (Fsp3) is 0.333. The lowest BCUT2D eigenvalue weighted by molar-refractivity contribution is -0.645. The standard InChI is InChI=1S/C30H29FN8O5S3/c1-3-10-44-36-23(19-15-47-30(32)34-19)26(40)35-24-27(41)39-25(29(42)43)16(14-46-28(24)39)13-45-22-4-7-37(2)20-12-21(18(31)11-17(20)22)38-8-5-33-6-9-38/h1,4,7,11-12,15,24,28,33H,5-6,8-10,13-14H2,2H3,(H3-,32,34,35,40,42,43)/p+1/b36-23-/t24?,28-/m1/s1. The summed E-state index contributed by atoms with van der Waals surface area (Å²) in [5.41, 5.74) is 7.47. The van der Waals surface area contributed by atoms with Crippen LogP contribution in [0.25, 0.3) is 10.9 Å². The van der Waals surface area contributed by atoms with Crippen LogP contribution in [0.5, 0.6) is 0 Å². The second-order valence-corrected chi connectivity index (χ2v) is 13.8. The van der Waals surface area contributed by atoms with E-state index in [1.54, 1.807) is 0 Å². The van der Waals surface area contributed by atoms with E-state index < -0.39 is 29.2 Å². The van der Waals surface area contributed by atoms with Gasteiger partial charge in [0.05, 0.1) is 11.1 Å². The van der Waals surface area contributed by atoms with Crippen LogP contribution in [-0.4, -0.2) is 94.2 Å². The van der Waals surface area contributed by atoms with Crippen LogP contribution < -0.4 is 25.8 Å². The number of nitrogens with one attached hydrogen (secondary N) is 2. The first kappa shape index (κ1) is 32.6. The number of hydrogen-bond acceptors (Lipinski definition) is 12. The number of oxime groups is 1. The Hall–Kier alpha value is -4.37. The number of nitrogens with zero attached hydrogens (tertiary/aromatic N) is 5. The van der Waals surface area contributed by atoms with Crippen molar-refractivity contribution in [3.8, 4) is 12.3 Å². The molecule has 5 heterocycles. The van der Waals surface area contributed by atoms with Crippen molar-refractivity contribution in [1.82, 2.24) is 20.5 Å². The van der Waals surface area contributed by atoms with Gasteiger partial charge >= 0.3 is 5.97 Å². The Morgan fingerprint density at radius 2 is 2.17 bits per heavy atom. The number of amides is 2. The maximum atomic E-state index is 15.4. The van der Waals surface area contributed by atoms with E-state index in [1.807, 2.05) is 34.8 Å². The highest BCUT2D eigenvalue weighted by Gasteiger charge is 2.54. The van der Waals surface area contributed by atoms with E-state index in [0.29, 0.717) is 35.5 Å². The number of rotatable bonds is 10. The summed E-state index contributed by atoms with van der Waals surface area (Å²) in [6.07, 6.45) is 7.10. The molecule has 2 amide bonds. The van der Waals surface area contributed by atoms with Crippen LogP contribution in [0.15, 0.2) is 51.1 Å². The van der Waals surface area contributed by atoms with Crippen LogP contribution in [0.1, 0.15) is 5.69 Å². The second-order valence-electron chi connectivity index (χ2n) is 10.7. The molecule has 0 saturated carbocycles. The zero-order valence-corrected chi connectivity index (χ0v) is 27.5. The smallest absolute Gasteiger partial charge is 0.352 e. The topological polar surface area (TPSA) is 166 Å². The molecule has 5 N–H and O–H groups in total. The van der Waals surface area contributed by atoms with Crippen LogP contribution in [0.3, 0.4) is 0 Å². The van der Waals surface area contributed by atoms with Crippen LogP contribution in [0, 0.1) is 18.2 Å². The van der Waals surface area contributed by atoms with Crippen molar-refractivity contribution in [1.29, 1.82) is 0 Å². The van der Waals surface area contributed by atoms with E-state index >= 15 is 4.39 Å². The number of carbonyl (C=O) groups excluding carboxylic acids is 2. The fourth-order valence-corrected chi connectivity index (χ4v) is 8.63. The minimum atomic E-state index is -1.25. The summed E-state index contributed by atoms with van der Waals surface area (Å²) in [6, 6.07) is 4.26. The first-order valence-electron chi connectivity index (χ1n) is 14.4. The number of carboxylic acid groups (broad SMARTS) is 1. The molecule has 0 aliphatic carbocycles. The fourth-order valence-electron chi connectivity index (χ4n) is 5.57. The summed E-state index contributed by atoms with van der Waals surface area (Å²) < 4.78 is 17.3. The third-order valence-electron chi connectivity index (χ3n) is 7.84. The number of β-lactam (4-membered cyclic amide) rings is 1. The molecule has 3 aliphatic rings. The quantitative estimate of drug-likeness (QED) is 0.0457. The van der Waals surface area contributed by atoms with Crippen molar-refractivity contribution in [2.75, 3.05) is 54.9 Å². The molecule has 1 unspecified atom stereocenters. The maximum absolute atomic E-state index is 15.4. The summed E-state index contributed by atoms with van der Waals surface area (Å²) in [5, 5.41) is 21.7. The molecular formula is C30H30FN8O5S3+. The van der Waals surface area contributed by atoms with Gasteiger partial charge in [-0.25, -0.2) is 18.7 Å². The van der Waals surface area contributed by atoms with E-state index in [0.717, 1.165) is 34.8 Å². The molecule has 3 aromatic rings. The minimum absolute atomic E-state index is 0.117. The number of piperazine rings is 1. The SMILES string of the molecule is C#CCO/N=C(\C(=O)NC1C(=O)N2C(C(=O)O)=C(CSc3cc[n+](C)c4cc(N5CCNCC5)c(F)cc34)CS[C@H]12)c1csc(N)n1. The normalized spacial score (nSPS) is 19.7. The first-order valence-corrected chi connectivity index (χ1v) is 17.3. The molecule has 13 nitrogen and oxygen atoms in total. The molecule has 17 heteroatoms. The first-order chi connectivity index (χ1) is 22.7. The Labute approximate surface area is 281 Å². The summed E-state index contributed by atoms with van der Waals surface area (Å²) in [5.74, 6) is -0.0653. The van der Waals surface area contributed by atoms with E-state index in [1.165, 1.54) is 39.9 Å². The Kier molecular flexibility index (Phi) is 9.55. The molecule has 0 spiro atoms. The number of fused-ring (bicyclic) bond motifs is 2. The van der Waals surface area contributed by atoms with Gasteiger partial charge in [0, 0.05) is 60.1 Å². The van der Waals surface area contributed by atoms with Crippen LogP contribution in [0.2, 0.25) is 0 Å². The van der Waals surface area contributed by atoms with Gasteiger partial charge < -0.3 is 31.2 Å². The Morgan fingerprint density at radius 1 is 1.38 bits per heavy atom. The summed E-state index contributed by atoms with van der Waals surface area (Å²) in [6.45, 7) is 2.79. The molecule has 1 aromatic carbocycles. The van der Waals surface area contributed by atoms with Gasteiger partial charge in [-0.1, -0.05) is 11.1 Å². The Bertz CT molecular complexity index is 1870.